The van der Waals surface area contributed by atoms with E-state index in [1.54, 1.807) is 6.92 Å². The number of imide groups is 1. The molecule has 0 spiro atoms. The second kappa shape index (κ2) is 8.29. The van der Waals surface area contributed by atoms with Gasteiger partial charge in [-0.25, -0.2) is 9.69 Å². The third-order valence-electron chi connectivity index (χ3n) is 5.14. The molecule has 11 heteroatoms. The number of halogens is 3. The molecule has 0 bridgehead atoms. The van der Waals surface area contributed by atoms with Crippen LogP contribution in [0.25, 0.3) is 0 Å². The number of allylic oxidation sites excluding steroid dienone is 2. The highest BCUT2D eigenvalue weighted by molar-refractivity contribution is 7.87. The summed E-state index contributed by atoms with van der Waals surface area (Å²) >= 11 is 0. The third-order valence-corrected chi connectivity index (χ3v) is 6.14. The van der Waals surface area contributed by atoms with Crippen molar-refractivity contribution < 1.29 is 40.1 Å². The third kappa shape index (κ3) is 4.61. The molecular formula is C19H20F3NO6S. The van der Waals surface area contributed by atoms with Gasteiger partial charge in [-0.2, -0.15) is 21.6 Å². The molecule has 1 aliphatic carbocycles. The van der Waals surface area contributed by atoms with Crippen molar-refractivity contribution in [3.8, 4) is 0 Å². The van der Waals surface area contributed by atoms with Crippen molar-refractivity contribution in [2.75, 3.05) is 6.61 Å². The summed E-state index contributed by atoms with van der Waals surface area (Å²) < 4.78 is 69.1. The second-order valence-electron chi connectivity index (χ2n) is 7.31. The number of nitrogens with zero attached hydrogens (tertiary/aromatic N) is 1. The molecule has 1 aromatic rings. The van der Waals surface area contributed by atoms with E-state index in [0.717, 1.165) is 16.5 Å². The fraction of sp³-hybridized carbons (Fsp3) is 0.474. The number of hydrogen-bond acceptors (Lipinski definition) is 6. The summed E-state index contributed by atoms with van der Waals surface area (Å²) in [5.41, 5.74) is -4.61. The lowest BCUT2D eigenvalue weighted by Crippen LogP contribution is -2.45. The van der Waals surface area contributed by atoms with Gasteiger partial charge >= 0.3 is 21.7 Å². The smallest absolute Gasteiger partial charge is 0.447 e. The van der Waals surface area contributed by atoms with Gasteiger partial charge in [0.05, 0.1) is 6.04 Å². The monoisotopic (exact) mass is 447 g/mol. The van der Waals surface area contributed by atoms with E-state index in [1.807, 2.05) is 30.3 Å². The number of benzene rings is 1. The molecule has 2 aliphatic rings. The van der Waals surface area contributed by atoms with Gasteiger partial charge in [0.15, 0.2) is 0 Å². The van der Waals surface area contributed by atoms with E-state index in [1.165, 1.54) is 0 Å². The first-order valence-electron chi connectivity index (χ1n) is 9.23. The number of alkyl halides is 3. The predicted octanol–water partition coefficient (Wildman–Crippen LogP) is 3.37. The van der Waals surface area contributed by atoms with E-state index in [2.05, 4.69) is 4.18 Å². The first kappa shape index (κ1) is 22.1. The quantitative estimate of drug-likeness (QED) is 0.508. The number of carbonyl (C=O) groups excluding carboxylic acids is 2. The van der Waals surface area contributed by atoms with Crippen molar-refractivity contribution in [1.82, 2.24) is 4.90 Å². The summed E-state index contributed by atoms with van der Waals surface area (Å²) in [5, 5.41) is 0. The SMILES string of the molecule is C[C@@H]1CC(OS(=O)(=O)C(F)(F)F)=CC[C@H]1C(=O)N1C(=O)OC[C@H]1Cc1ccccc1. The molecule has 1 fully saturated rings. The van der Waals surface area contributed by atoms with Crippen LogP contribution in [0.2, 0.25) is 0 Å². The molecular weight excluding hydrogens is 427 g/mol. The average Bonchev–Trinajstić information content (AvgIpc) is 3.01. The molecule has 1 saturated heterocycles. The second-order valence-corrected chi connectivity index (χ2v) is 8.84. The lowest BCUT2D eigenvalue weighted by molar-refractivity contribution is -0.135. The number of amides is 2. The lowest BCUT2D eigenvalue weighted by atomic mass is 9.82. The summed E-state index contributed by atoms with van der Waals surface area (Å²) in [6.07, 6.45) is 0.564. The van der Waals surface area contributed by atoms with Crippen LogP contribution in [-0.4, -0.2) is 43.5 Å². The summed E-state index contributed by atoms with van der Waals surface area (Å²) in [4.78, 5) is 26.3. The molecule has 3 rings (SSSR count). The van der Waals surface area contributed by atoms with Gasteiger partial charge in [-0.1, -0.05) is 37.3 Å². The van der Waals surface area contributed by atoms with Gasteiger partial charge in [-0.3, -0.25) is 4.79 Å². The Kier molecular flexibility index (Phi) is 6.11. The minimum absolute atomic E-state index is 0.0502. The molecule has 7 nitrogen and oxygen atoms in total. The van der Waals surface area contributed by atoms with Crippen molar-refractivity contribution >= 4 is 22.1 Å². The molecule has 2 amide bonds. The lowest BCUT2D eigenvalue weighted by Gasteiger charge is -2.31. The first-order chi connectivity index (χ1) is 14.0. The Labute approximate surface area is 171 Å². The molecule has 0 unspecified atom stereocenters. The van der Waals surface area contributed by atoms with Crippen molar-refractivity contribution in [2.45, 2.75) is 37.7 Å². The fourth-order valence-electron chi connectivity index (χ4n) is 3.58. The van der Waals surface area contributed by atoms with Crippen LogP contribution in [0.4, 0.5) is 18.0 Å². The summed E-state index contributed by atoms with van der Waals surface area (Å²) in [5.74, 6) is -2.12. The Hall–Kier alpha value is -2.56. The Bertz CT molecular complexity index is 945. The van der Waals surface area contributed by atoms with Crippen molar-refractivity contribution in [3.63, 3.8) is 0 Å². The molecule has 0 N–H and O–H groups in total. The van der Waals surface area contributed by atoms with Gasteiger partial charge < -0.3 is 8.92 Å². The maximum Gasteiger partial charge on any atom is 0.534 e. The van der Waals surface area contributed by atoms with E-state index >= 15 is 0 Å². The Balaban J connectivity index is 1.71. The Morgan fingerprint density at radius 3 is 2.53 bits per heavy atom. The van der Waals surface area contributed by atoms with Crippen LogP contribution in [0.1, 0.15) is 25.3 Å². The highest BCUT2D eigenvalue weighted by atomic mass is 32.2. The van der Waals surface area contributed by atoms with E-state index in [0.29, 0.717) is 6.42 Å². The molecule has 0 saturated carbocycles. The molecule has 1 aromatic carbocycles. The number of carbonyl (C=O) groups is 2. The predicted molar refractivity (Wildman–Crippen MR) is 98.2 cm³/mol. The Morgan fingerprint density at radius 2 is 1.93 bits per heavy atom. The van der Waals surface area contributed by atoms with Gasteiger partial charge in [0.25, 0.3) is 0 Å². The van der Waals surface area contributed by atoms with Crippen LogP contribution in [0.3, 0.4) is 0 Å². The van der Waals surface area contributed by atoms with Gasteiger partial charge in [0, 0.05) is 12.3 Å². The van der Waals surface area contributed by atoms with Gasteiger partial charge in [0.2, 0.25) is 5.91 Å². The average molecular weight is 447 g/mol. The Morgan fingerprint density at radius 1 is 1.27 bits per heavy atom. The number of cyclic esters (lactones) is 1. The van der Waals surface area contributed by atoms with Crippen LogP contribution in [0.15, 0.2) is 42.2 Å². The maximum absolute atomic E-state index is 13.0. The van der Waals surface area contributed by atoms with Crippen LogP contribution in [0.5, 0.6) is 0 Å². The highest BCUT2D eigenvalue weighted by Gasteiger charge is 2.49. The molecule has 3 atom stereocenters. The zero-order valence-corrected chi connectivity index (χ0v) is 16.8. The standard InChI is InChI=1S/C19H20F3NO6S/c1-12-9-15(29-30(26,27)19(20,21)22)7-8-16(12)17(24)23-14(11-28-18(23)25)10-13-5-3-2-4-6-13/h2-7,12,14,16H,8-11H2,1H3/t12-,14-,16-/m1/s1. The van der Waals surface area contributed by atoms with Gasteiger partial charge in [-0.05, 0) is 30.4 Å². The normalized spacial score (nSPS) is 24.9. The minimum atomic E-state index is -5.76. The van der Waals surface area contributed by atoms with Crippen LogP contribution >= 0.6 is 0 Å². The van der Waals surface area contributed by atoms with Crippen molar-refractivity contribution in [3.05, 3.63) is 47.7 Å². The van der Waals surface area contributed by atoms with Crippen LogP contribution in [0, 0.1) is 11.8 Å². The number of ether oxygens (including phenoxy) is 1. The van der Waals surface area contributed by atoms with Gasteiger partial charge in [-0.15, -0.1) is 0 Å². The molecule has 30 heavy (non-hydrogen) atoms. The number of rotatable bonds is 5. The van der Waals surface area contributed by atoms with Crippen LogP contribution in [-0.2, 0) is 30.3 Å². The van der Waals surface area contributed by atoms with Crippen molar-refractivity contribution in [1.29, 1.82) is 0 Å². The molecule has 1 heterocycles. The van der Waals surface area contributed by atoms with Gasteiger partial charge in [0.1, 0.15) is 12.4 Å². The molecule has 1 aliphatic heterocycles. The largest absolute Gasteiger partial charge is 0.534 e. The maximum atomic E-state index is 13.0. The van der Waals surface area contributed by atoms with Crippen LogP contribution < -0.4 is 0 Å². The van der Waals surface area contributed by atoms with E-state index in [-0.39, 0.29) is 25.2 Å². The fourth-order valence-corrected chi connectivity index (χ4v) is 4.09. The van der Waals surface area contributed by atoms with E-state index in [9.17, 15) is 31.2 Å². The molecule has 0 aromatic heterocycles. The summed E-state index contributed by atoms with van der Waals surface area (Å²) in [6.45, 7) is 1.64. The first-order valence-corrected chi connectivity index (χ1v) is 10.6. The minimum Gasteiger partial charge on any atom is -0.447 e. The number of hydrogen-bond donors (Lipinski definition) is 0. The zero-order valence-electron chi connectivity index (χ0n) is 16.0. The molecule has 0 radical (unpaired) electrons. The summed E-state index contributed by atoms with van der Waals surface area (Å²) in [7, 11) is -5.76. The molecule has 164 valence electrons. The topological polar surface area (TPSA) is 90.0 Å². The zero-order chi connectivity index (χ0) is 22.1. The van der Waals surface area contributed by atoms with Crippen molar-refractivity contribution in [2.24, 2.45) is 11.8 Å². The highest BCUT2D eigenvalue weighted by Crippen LogP contribution is 2.36. The van der Waals surface area contributed by atoms with E-state index < -0.39 is 45.5 Å². The van der Waals surface area contributed by atoms with E-state index in [4.69, 9.17) is 4.74 Å². The summed E-state index contributed by atoms with van der Waals surface area (Å²) in [6, 6.07) is 8.75.